The predicted octanol–water partition coefficient (Wildman–Crippen LogP) is 3.90. The number of nitrogens with zero attached hydrogens (tertiary/aromatic N) is 3. The second-order valence-electron chi connectivity index (χ2n) is 5.89. The second kappa shape index (κ2) is 8.24. The quantitative estimate of drug-likeness (QED) is 0.627. The number of hydrogen-bond donors (Lipinski definition) is 2. The number of nitrogens with one attached hydrogen (secondary N) is 2. The highest BCUT2D eigenvalue weighted by molar-refractivity contribution is 6.03. The SMILES string of the molecule is CCCCNc1cc(C(=O)Nc2cc(C)on2)nc(-c2ccccc2)n1. The van der Waals surface area contributed by atoms with Crippen LogP contribution in [0.15, 0.2) is 47.0 Å². The summed E-state index contributed by atoms with van der Waals surface area (Å²) in [6, 6.07) is 12.9. The summed E-state index contributed by atoms with van der Waals surface area (Å²) in [5, 5.41) is 9.72. The predicted molar refractivity (Wildman–Crippen MR) is 100 cm³/mol. The van der Waals surface area contributed by atoms with Crippen molar-refractivity contribution in [1.29, 1.82) is 0 Å². The molecule has 2 aromatic heterocycles. The van der Waals surface area contributed by atoms with Crippen LogP contribution in [0.2, 0.25) is 0 Å². The summed E-state index contributed by atoms with van der Waals surface area (Å²) in [5.74, 6) is 1.72. The molecule has 0 atom stereocenters. The van der Waals surface area contributed by atoms with E-state index < -0.39 is 0 Å². The van der Waals surface area contributed by atoms with Crippen molar-refractivity contribution in [3.05, 3.63) is 53.9 Å². The topological polar surface area (TPSA) is 92.9 Å². The van der Waals surface area contributed by atoms with E-state index in [0.717, 1.165) is 24.9 Å². The van der Waals surface area contributed by atoms with E-state index >= 15 is 0 Å². The average molecular weight is 351 g/mol. The molecule has 134 valence electrons. The van der Waals surface area contributed by atoms with Crippen LogP contribution in [0.25, 0.3) is 11.4 Å². The highest BCUT2D eigenvalue weighted by Gasteiger charge is 2.14. The second-order valence-corrected chi connectivity index (χ2v) is 5.89. The zero-order chi connectivity index (χ0) is 18.4. The first-order valence-corrected chi connectivity index (χ1v) is 8.58. The summed E-state index contributed by atoms with van der Waals surface area (Å²) in [6.07, 6.45) is 2.09. The number of aryl methyl sites for hydroxylation is 1. The first-order chi connectivity index (χ1) is 12.7. The van der Waals surface area contributed by atoms with Gasteiger partial charge in [0.1, 0.15) is 17.3 Å². The van der Waals surface area contributed by atoms with Crippen molar-refractivity contribution in [2.24, 2.45) is 0 Å². The normalized spacial score (nSPS) is 10.5. The Morgan fingerprint density at radius 2 is 1.92 bits per heavy atom. The van der Waals surface area contributed by atoms with Gasteiger partial charge in [-0.25, -0.2) is 9.97 Å². The van der Waals surface area contributed by atoms with Crippen molar-refractivity contribution in [2.45, 2.75) is 26.7 Å². The lowest BCUT2D eigenvalue weighted by Crippen LogP contribution is -2.16. The Morgan fingerprint density at radius 1 is 1.12 bits per heavy atom. The van der Waals surface area contributed by atoms with E-state index in [1.54, 1.807) is 19.1 Å². The number of carbonyl (C=O) groups is 1. The van der Waals surface area contributed by atoms with Crippen molar-refractivity contribution in [2.75, 3.05) is 17.2 Å². The summed E-state index contributed by atoms with van der Waals surface area (Å²) < 4.78 is 4.97. The number of anilines is 2. The fourth-order valence-corrected chi connectivity index (χ4v) is 2.37. The smallest absolute Gasteiger partial charge is 0.275 e. The molecule has 3 rings (SSSR count). The van der Waals surface area contributed by atoms with E-state index in [0.29, 0.717) is 23.2 Å². The molecule has 0 saturated heterocycles. The molecule has 26 heavy (non-hydrogen) atoms. The molecule has 3 aromatic rings. The van der Waals surface area contributed by atoms with Gasteiger partial charge in [-0.15, -0.1) is 0 Å². The van der Waals surface area contributed by atoms with Gasteiger partial charge in [0.2, 0.25) is 0 Å². The molecule has 0 radical (unpaired) electrons. The van der Waals surface area contributed by atoms with E-state index in [4.69, 9.17) is 4.52 Å². The molecule has 0 bridgehead atoms. The van der Waals surface area contributed by atoms with Crippen LogP contribution >= 0.6 is 0 Å². The van der Waals surface area contributed by atoms with Crippen LogP contribution in [-0.2, 0) is 0 Å². The van der Waals surface area contributed by atoms with Crippen LogP contribution in [-0.4, -0.2) is 27.6 Å². The molecule has 0 unspecified atom stereocenters. The number of hydrogen-bond acceptors (Lipinski definition) is 6. The monoisotopic (exact) mass is 351 g/mol. The van der Waals surface area contributed by atoms with E-state index in [-0.39, 0.29) is 11.6 Å². The highest BCUT2D eigenvalue weighted by atomic mass is 16.5. The minimum atomic E-state index is -0.364. The molecule has 0 aliphatic rings. The molecular weight excluding hydrogens is 330 g/mol. The van der Waals surface area contributed by atoms with Gasteiger partial charge in [-0.1, -0.05) is 48.8 Å². The molecule has 1 amide bonds. The molecule has 7 heteroatoms. The standard InChI is InChI=1S/C19H21N5O2/c1-3-4-10-20-16-12-15(19(25)23-17-11-13(2)26-24-17)21-18(22-16)14-8-6-5-7-9-14/h5-9,11-12H,3-4,10H2,1-2H3,(H,20,21,22)(H,23,24,25). The number of aromatic nitrogens is 3. The molecule has 2 N–H and O–H groups in total. The fourth-order valence-electron chi connectivity index (χ4n) is 2.37. The highest BCUT2D eigenvalue weighted by Crippen LogP contribution is 2.19. The van der Waals surface area contributed by atoms with Gasteiger partial charge in [0.25, 0.3) is 5.91 Å². The Hall–Kier alpha value is -3.22. The Balaban J connectivity index is 1.89. The van der Waals surface area contributed by atoms with E-state index in [9.17, 15) is 4.79 Å². The van der Waals surface area contributed by atoms with E-state index in [1.807, 2.05) is 30.3 Å². The largest absolute Gasteiger partial charge is 0.370 e. The van der Waals surface area contributed by atoms with Gasteiger partial charge < -0.3 is 15.2 Å². The number of unbranched alkanes of at least 4 members (excludes halogenated alkanes) is 1. The molecule has 1 aromatic carbocycles. The van der Waals surface area contributed by atoms with E-state index in [1.165, 1.54) is 0 Å². The van der Waals surface area contributed by atoms with Crippen LogP contribution in [0.5, 0.6) is 0 Å². The summed E-state index contributed by atoms with van der Waals surface area (Å²) in [6.45, 7) is 4.66. The van der Waals surface area contributed by atoms with Gasteiger partial charge >= 0.3 is 0 Å². The lowest BCUT2D eigenvalue weighted by Gasteiger charge is -2.09. The first-order valence-electron chi connectivity index (χ1n) is 8.58. The van der Waals surface area contributed by atoms with Crippen molar-refractivity contribution >= 4 is 17.5 Å². The van der Waals surface area contributed by atoms with Crippen molar-refractivity contribution in [3.8, 4) is 11.4 Å². The van der Waals surface area contributed by atoms with Gasteiger partial charge in [-0.3, -0.25) is 4.79 Å². The van der Waals surface area contributed by atoms with Crippen LogP contribution in [0.4, 0.5) is 11.6 Å². The van der Waals surface area contributed by atoms with Crippen molar-refractivity contribution in [1.82, 2.24) is 15.1 Å². The molecule has 0 fully saturated rings. The Morgan fingerprint density at radius 3 is 2.62 bits per heavy atom. The first kappa shape index (κ1) is 17.6. The molecular formula is C19H21N5O2. The Labute approximate surface area is 151 Å². The maximum Gasteiger partial charge on any atom is 0.275 e. The minimum absolute atomic E-state index is 0.263. The van der Waals surface area contributed by atoms with Crippen LogP contribution < -0.4 is 10.6 Å². The molecule has 0 spiro atoms. The van der Waals surface area contributed by atoms with Crippen molar-refractivity contribution < 1.29 is 9.32 Å². The van der Waals surface area contributed by atoms with Gasteiger partial charge in [0.15, 0.2) is 11.6 Å². The molecule has 7 nitrogen and oxygen atoms in total. The number of rotatable bonds is 7. The lowest BCUT2D eigenvalue weighted by molar-refractivity contribution is 0.102. The number of amides is 1. The summed E-state index contributed by atoms with van der Waals surface area (Å²) in [7, 11) is 0. The van der Waals surface area contributed by atoms with Crippen LogP contribution in [0.1, 0.15) is 36.0 Å². The minimum Gasteiger partial charge on any atom is -0.370 e. The summed E-state index contributed by atoms with van der Waals surface area (Å²) >= 11 is 0. The Kier molecular flexibility index (Phi) is 5.58. The van der Waals surface area contributed by atoms with Gasteiger partial charge in [0.05, 0.1) is 0 Å². The van der Waals surface area contributed by atoms with Gasteiger partial charge in [-0.05, 0) is 13.3 Å². The lowest BCUT2D eigenvalue weighted by atomic mass is 10.2. The maximum absolute atomic E-state index is 12.6. The van der Waals surface area contributed by atoms with Crippen molar-refractivity contribution in [3.63, 3.8) is 0 Å². The molecule has 0 aliphatic carbocycles. The number of carbonyl (C=O) groups excluding carboxylic acids is 1. The van der Waals surface area contributed by atoms with E-state index in [2.05, 4.69) is 32.7 Å². The average Bonchev–Trinajstić information content (AvgIpc) is 3.07. The zero-order valence-electron chi connectivity index (χ0n) is 14.8. The molecule has 2 heterocycles. The molecule has 0 aliphatic heterocycles. The third kappa shape index (κ3) is 4.44. The third-order valence-corrected chi connectivity index (χ3v) is 3.70. The maximum atomic E-state index is 12.6. The summed E-state index contributed by atoms with van der Waals surface area (Å²) in [5.41, 5.74) is 1.11. The molecule has 0 saturated carbocycles. The fraction of sp³-hybridized carbons (Fsp3) is 0.263. The van der Waals surface area contributed by atoms with Crippen LogP contribution in [0, 0.1) is 6.92 Å². The van der Waals surface area contributed by atoms with Gasteiger partial charge in [-0.2, -0.15) is 0 Å². The number of benzene rings is 1. The Bertz CT molecular complexity index is 877. The zero-order valence-corrected chi connectivity index (χ0v) is 14.8. The third-order valence-electron chi connectivity index (χ3n) is 3.70. The van der Waals surface area contributed by atoms with Gasteiger partial charge in [0, 0.05) is 24.2 Å². The van der Waals surface area contributed by atoms with Crippen LogP contribution in [0.3, 0.4) is 0 Å². The summed E-state index contributed by atoms with van der Waals surface area (Å²) in [4.78, 5) is 21.5.